The molecule has 1 heterocycles. The van der Waals surface area contributed by atoms with Gasteiger partial charge in [-0.2, -0.15) is 0 Å². The number of carbonyl (C=O) groups is 2. The maximum absolute atomic E-state index is 11.9. The van der Waals surface area contributed by atoms with Crippen LogP contribution in [0.15, 0.2) is 41.1 Å². The fourth-order valence-electron chi connectivity index (χ4n) is 1.65. The van der Waals surface area contributed by atoms with Crippen LogP contribution in [0.5, 0.6) is 0 Å². The Morgan fingerprint density at radius 2 is 1.85 bits per heavy atom. The fraction of sp³-hybridized carbons (Fsp3) is 0.154. The molecule has 2 rings (SSSR count). The van der Waals surface area contributed by atoms with Crippen LogP contribution >= 0.6 is 0 Å². The minimum atomic E-state index is -1.38. The monoisotopic (exact) mass is 274 g/mol. The highest BCUT2D eigenvalue weighted by molar-refractivity contribution is 5.98. The van der Waals surface area contributed by atoms with Gasteiger partial charge in [-0.15, -0.1) is 0 Å². The second-order valence-corrected chi connectivity index (χ2v) is 3.91. The summed E-state index contributed by atoms with van der Waals surface area (Å²) in [7, 11) is 0. The minimum Gasteiger partial charge on any atom is -0.530 e. The van der Waals surface area contributed by atoms with Crippen LogP contribution in [-0.4, -0.2) is 30.2 Å². The van der Waals surface area contributed by atoms with Crippen molar-refractivity contribution in [3.8, 4) is 11.1 Å². The first-order chi connectivity index (χ1) is 9.68. The van der Waals surface area contributed by atoms with Gasteiger partial charge in [0, 0.05) is 13.1 Å². The topological polar surface area (TPSA) is 107 Å². The molecule has 0 aliphatic rings. The average molecular weight is 274 g/mol. The van der Waals surface area contributed by atoms with Crippen molar-refractivity contribution in [2.45, 2.75) is 0 Å². The van der Waals surface area contributed by atoms with Gasteiger partial charge in [0.2, 0.25) is 0 Å². The van der Waals surface area contributed by atoms with E-state index in [1.807, 2.05) is 35.6 Å². The Balaban J connectivity index is 2.01. The Kier molecular flexibility index (Phi) is 4.33. The summed E-state index contributed by atoms with van der Waals surface area (Å²) in [5.41, 5.74) is 1.55. The van der Waals surface area contributed by atoms with Crippen molar-refractivity contribution in [3.05, 3.63) is 42.3 Å². The standard InChI is InChI=1S/C13H13N3O4/c17-12(14-6-7-15-13(18)19)11-10(8-20-16-11)9-4-2-1-3-5-9/h1-5,8,15H,6-7H2,(H,14,17)(H,18,19)/p-1. The number of carboxylic acid groups (broad SMARTS) is 1. The fourth-order valence-corrected chi connectivity index (χ4v) is 1.65. The molecule has 2 aromatic rings. The third kappa shape index (κ3) is 3.35. The predicted octanol–water partition coefficient (Wildman–Crippen LogP) is 0.00430. The van der Waals surface area contributed by atoms with Crippen molar-refractivity contribution in [1.82, 2.24) is 15.8 Å². The van der Waals surface area contributed by atoms with Crippen molar-refractivity contribution >= 4 is 12.0 Å². The minimum absolute atomic E-state index is 0.0621. The molecule has 0 bridgehead atoms. The average Bonchev–Trinajstić information content (AvgIpc) is 2.93. The van der Waals surface area contributed by atoms with Crippen LogP contribution in [0.3, 0.4) is 0 Å². The molecule has 0 fully saturated rings. The molecule has 20 heavy (non-hydrogen) atoms. The molecule has 0 unspecified atom stereocenters. The molecule has 2 N–H and O–H groups in total. The summed E-state index contributed by atoms with van der Waals surface area (Å²) in [4.78, 5) is 22.1. The molecule has 0 aliphatic heterocycles. The molecule has 2 amide bonds. The lowest BCUT2D eigenvalue weighted by Crippen LogP contribution is -2.41. The number of hydrogen-bond acceptors (Lipinski definition) is 5. The van der Waals surface area contributed by atoms with Gasteiger partial charge < -0.3 is 25.1 Å². The SMILES string of the molecule is O=C([O-])NCCNC(=O)c1nocc1-c1ccccc1. The van der Waals surface area contributed by atoms with Crippen molar-refractivity contribution in [2.24, 2.45) is 0 Å². The zero-order valence-corrected chi connectivity index (χ0v) is 10.5. The molecule has 1 aromatic carbocycles. The van der Waals surface area contributed by atoms with Crippen molar-refractivity contribution in [3.63, 3.8) is 0 Å². The lowest BCUT2D eigenvalue weighted by Gasteiger charge is -2.07. The van der Waals surface area contributed by atoms with E-state index < -0.39 is 12.0 Å². The molecule has 0 spiro atoms. The molecule has 0 radical (unpaired) electrons. The summed E-state index contributed by atoms with van der Waals surface area (Å²) in [5, 5.41) is 18.4. The molecular formula is C13H12N3O4-. The first-order valence-electron chi connectivity index (χ1n) is 5.91. The maximum atomic E-state index is 11.9. The van der Waals surface area contributed by atoms with Crippen LogP contribution in [0.2, 0.25) is 0 Å². The van der Waals surface area contributed by atoms with Gasteiger partial charge in [-0.25, -0.2) is 0 Å². The second kappa shape index (κ2) is 6.37. The first-order valence-corrected chi connectivity index (χ1v) is 5.91. The van der Waals surface area contributed by atoms with Crippen LogP contribution in [0.1, 0.15) is 10.5 Å². The van der Waals surface area contributed by atoms with Crippen LogP contribution in [0.25, 0.3) is 11.1 Å². The highest BCUT2D eigenvalue weighted by Crippen LogP contribution is 2.22. The smallest absolute Gasteiger partial charge is 0.274 e. The van der Waals surface area contributed by atoms with Gasteiger partial charge in [-0.1, -0.05) is 35.5 Å². The molecule has 7 nitrogen and oxygen atoms in total. The van der Waals surface area contributed by atoms with E-state index in [1.165, 1.54) is 6.26 Å². The van der Waals surface area contributed by atoms with Crippen molar-refractivity contribution < 1.29 is 19.2 Å². The Hall–Kier alpha value is -2.83. The van der Waals surface area contributed by atoms with Crippen LogP contribution in [0.4, 0.5) is 4.79 Å². The zero-order chi connectivity index (χ0) is 14.4. The Labute approximate surface area is 114 Å². The Morgan fingerprint density at radius 3 is 2.55 bits per heavy atom. The van der Waals surface area contributed by atoms with E-state index in [4.69, 9.17) is 4.52 Å². The summed E-state index contributed by atoms with van der Waals surface area (Å²) in [5.74, 6) is -0.433. The van der Waals surface area contributed by atoms with E-state index in [0.717, 1.165) is 5.56 Å². The molecule has 0 saturated heterocycles. The third-order valence-corrected chi connectivity index (χ3v) is 2.55. The molecule has 1 aromatic heterocycles. The Bertz CT molecular complexity index is 595. The van der Waals surface area contributed by atoms with Crippen LogP contribution < -0.4 is 15.7 Å². The third-order valence-electron chi connectivity index (χ3n) is 2.55. The second-order valence-electron chi connectivity index (χ2n) is 3.91. The maximum Gasteiger partial charge on any atom is 0.274 e. The van der Waals surface area contributed by atoms with Gasteiger partial charge in [0.25, 0.3) is 5.91 Å². The number of hydrogen-bond donors (Lipinski definition) is 2. The van der Waals surface area contributed by atoms with E-state index in [-0.39, 0.29) is 18.8 Å². The molecule has 0 atom stereocenters. The summed E-state index contributed by atoms with van der Waals surface area (Å²) in [6.07, 6.45) is 0.00888. The highest BCUT2D eigenvalue weighted by atomic mass is 16.5. The number of nitrogens with one attached hydrogen (secondary N) is 2. The molecular weight excluding hydrogens is 262 g/mol. The van der Waals surface area contributed by atoms with E-state index in [1.54, 1.807) is 0 Å². The van der Waals surface area contributed by atoms with Gasteiger partial charge in [0.05, 0.1) is 5.56 Å². The molecule has 0 aliphatic carbocycles. The van der Waals surface area contributed by atoms with Crippen molar-refractivity contribution in [2.75, 3.05) is 13.1 Å². The number of benzene rings is 1. The zero-order valence-electron chi connectivity index (χ0n) is 10.5. The summed E-state index contributed by atoms with van der Waals surface area (Å²) in [6, 6.07) is 9.21. The summed E-state index contributed by atoms with van der Waals surface area (Å²) in [6.45, 7) is 0.195. The summed E-state index contributed by atoms with van der Waals surface area (Å²) >= 11 is 0. The molecule has 7 heteroatoms. The van der Waals surface area contributed by atoms with Gasteiger partial charge in [-0.3, -0.25) is 4.79 Å². The first kappa shape index (κ1) is 13.6. The lowest BCUT2D eigenvalue weighted by molar-refractivity contribution is -0.250. The highest BCUT2D eigenvalue weighted by Gasteiger charge is 2.16. The van der Waals surface area contributed by atoms with E-state index in [2.05, 4.69) is 10.5 Å². The number of amides is 2. The Morgan fingerprint density at radius 1 is 1.15 bits per heavy atom. The quantitative estimate of drug-likeness (QED) is 0.746. The predicted molar refractivity (Wildman–Crippen MR) is 67.7 cm³/mol. The number of carbonyl (C=O) groups excluding carboxylic acids is 2. The number of rotatable bonds is 5. The molecule has 104 valence electrons. The molecule has 0 saturated carbocycles. The van der Waals surface area contributed by atoms with E-state index >= 15 is 0 Å². The van der Waals surface area contributed by atoms with E-state index in [9.17, 15) is 14.7 Å². The largest absolute Gasteiger partial charge is 0.530 e. The van der Waals surface area contributed by atoms with Crippen molar-refractivity contribution in [1.29, 1.82) is 0 Å². The van der Waals surface area contributed by atoms with Gasteiger partial charge in [0.1, 0.15) is 12.4 Å². The lowest BCUT2D eigenvalue weighted by atomic mass is 10.1. The van der Waals surface area contributed by atoms with Gasteiger partial charge in [-0.05, 0) is 5.56 Å². The van der Waals surface area contributed by atoms with Gasteiger partial charge >= 0.3 is 0 Å². The van der Waals surface area contributed by atoms with E-state index in [0.29, 0.717) is 5.56 Å². The number of aromatic nitrogens is 1. The summed E-state index contributed by atoms with van der Waals surface area (Å²) < 4.78 is 4.84. The normalized spacial score (nSPS) is 10.0. The van der Waals surface area contributed by atoms with Crippen LogP contribution in [-0.2, 0) is 0 Å². The number of nitrogens with zero attached hydrogens (tertiary/aromatic N) is 1. The van der Waals surface area contributed by atoms with Crippen LogP contribution in [0, 0.1) is 0 Å². The van der Waals surface area contributed by atoms with Gasteiger partial charge in [0.15, 0.2) is 5.69 Å².